The minimum atomic E-state index is -0.612. The lowest BCUT2D eigenvalue weighted by atomic mass is 10.3. The Morgan fingerprint density at radius 1 is 0.500 bits per heavy atom. The smallest absolute Gasteiger partial charge is 0.0904 e. The molecule has 1 heterocycles. The van der Waals surface area contributed by atoms with Crippen molar-refractivity contribution >= 4 is 35.2 Å². The number of rotatable bonds is 5. The van der Waals surface area contributed by atoms with Crippen LogP contribution in [0.4, 0.5) is 11.4 Å². The predicted octanol–water partition coefficient (Wildman–Crippen LogP) is 4.73. The lowest BCUT2D eigenvalue weighted by Gasteiger charge is -2.27. The zero-order chi connectivity index (χ0) is 20.2. The summed E-state index contributed by atoms with van der Waals surface area (Å²) in [6.07, 6.45) is 0. The molecule has 3 heteroatoms. The van der Waals surface area contributed by atoms with Crippen LogP contribution in [0.1, 0.15) is 0 Å². The van der Waals surface area contributed by atoms with E-state index in [1.807, 2.05) is 0 Å². The number of benzene rings is 4. The highest BCUT2D eigenvalue weighted by Crippen LogP contribution is 2.37. The zero-order valence-corrected chi connectivity index (χ0v) is 17.8. The van der Waals surface area contributed by atoms with Crippen LogP contribution in [0.2, 0.25) is 0 Å². The van der Waals surface area contributed by atoms with Crippen molar-refractivity contribution in [2.24, 2.45) is 0 Å². The Balaban J connectivity index is 1.53. The van der Waals surface area contributed by atoms with Crippen molar-refractivity contribution in [1.29, 1.82) is 0 Å². The second-order valence-electron chi connectivity index (χ2n) is 7.50. The van der Waals surface area contributed by atoms with Crippen molar-refractivity contribution in [1.82, 2.24) is 0 Å². The number of para-hydroxylation sites is 2. The molecule has 148 valence electrons. The van der Waals surface area contributed by atoms with E-state index in [9.17, 15) is 0 Å². The summed E-state index contributed by atoms with van der Waals surface area (Å²) in [5, 5.41) is 4.22. The molecule has 0 atom stereocenters. The molecule has 0 N–H and O–H groups in total. The highest BCUT2D eigenvalue weighted by Gasteiger charge is 2.26. The summed E-state index contributed by atoms with van der Waals surface area (Å²) in [6.45, 7) is 3.01. The van der Waals surface area contributed by atoms with Gasteiger partial charge < -0.3 is 9.80 Å². The Morgan fingerprint density at radius 3 is 1.63 bits per heavy atom. The molecule has 0 unspecified atom stereocenters. The molecule has 4 aromatic carbocycles. The maximum absolute atomic E-state index is 2.53. The molecule has 1 aliphatic rings. The van der Waals surface area contributed by atoms with Crippen molar-refractivity contribution in [3.05, 3.63) is 115 Å². The van der Waals surface area contributed by atoms with E-state index in [1.54, 1.807) is 0 Å². The summed E-state index contributed by atoms with van der Waals surface area (Å²) in [4.78, 5) is 4.99. The molecule has 2 nitrogen and oxygen atoms in total. The first-order chi connectivity index (χ1) is 14.9. The molecule has 0 bridgehead atoms. The first kappa shape index (κ1) is 18.9. The molecule has 0 spiro atoms. The summed E-state index contributed by atoms with van der Waals surface area (Å²) in [5.74, 6) is 0. The Morgan fingerprint density at radius 2 is 1.00 bits per heavy atom. The minimum Gasteiger partial charge on any atom is -0.352 e. The molecule has 4 aromatic rings. The molecule has 1 saturated heterocycles. The SMILES string of the molecule is c1ccc(N2CCN(c3ccccc3P(c3ccccc3)c3ccccc3)C2)cc1. The number of hydrogen-bond donors (Lipinski definition) is 0. The second kappa shape index (κ2) is 8.73. The normalized spacial score (nSPS) is 13.8. The van der Waals surface area contributed by atoms with Crippen molar-refractivity contribution in [3.8, 4) is 0 Å². The molecular formula is C27H25N2P. The van der Waals surface area contributed by atoms with Crippen LogP contribution in [0, 0.1) is 0 Å². The van der Waals surface area contributed by atoms with Gasteiger partial charge in [-0.05, 0) is 36.7 Å². The fourth-order valence-corrected chi connectivity index (χ4v) is 6.61. The highest BCUT2D eigenvalue weighted by molar-refractivity contribution is 7.80. The van der Waals surface area contributed by atoms with Gasteiger partial charge >= 0.3 is 0 Å². The standard InChI is InChI=1S/C27H25N2P/c1-4-12-23(13-5-1)28-20-21-29(22-28)26-18-10-11-19-27(26)30(24-14-6-2-7-15-24)25-16-8-3-9-17-25/h1-19H,20-22H2. The maximum atomic E-state index is 2.53. The summed E-state index contributed by atoms with van der Waals surface area (Å²) in [6, 6.07) is 41.6. The van der Waals surface area contributed by atoms with Crippen LogP contribution in [0.15, 0.2) is 115 Å². The van der Waals surface area contributed by atoms with Gasteiger partial charge in [0.15, 0.2) is 0 Å². The topological polar surface area (TPSA) is 6.48 Å². The van der Waals surface area contributed by atoms with Gasteiger partial charge in [0.05, 0.1) is 6.67 Å². The van der Waals surface area contributed by atoms with E-state index in [-0.39, 0.29) is 0 Å². The number of anilines is 2. The van der Waals surface area contributed by atoms with Crippen molar-refractivity contribution in [3.63, 3.8) is 0 Å². The van der Waals surface area contributed by atoms with E-state index < -0.39 is 7.92 Å². The quantitative estimate of drug-likeness (QED) is 0.441. The molecule has 5 rings (SSSR count). The van der Waals surface area contributed by atoms with Gasteiger partial charge in [-0.3, -0.25) is 0 Å². The van der Waals surface area contributed by atoms with E-state index in [0.29, 0.717) is 0 Å². The number of nitrogens with zero attached hydrogens (tertiary/aromatic N) is 2. The Labute approximate surface area is 180 Å². The van der Waals surface area contributed by atoms with Crippen LogP contribution in [0.5, 0.6) is 0 Å². The maximum Gasteiger partial charge on any atom is 0.0904 e. The van der Waals surface area contributed by atoms with Crippen LogP contribution in [-0.2, 0) is 0 Å². The molecule has 1 aliphatic heterocycles. The average molecular weight is 408 g/mol. The van der Waals surface area contributed by atoms with Gasteiger partial charge in [-0.15, -0.1) is 0 Å². The van der Waals surface area contributed by atoms with E-state index in [4.69, 9.17) is 0 Å². The van der Waals surface area contributed by atoms with Gasteiger partial charge in [0.2, 0.25) is 0 Å². The summed E-state index contributed by atoms with van der Waals surface area (Å²) in [7, 11) is -0.612. The Hall–Kier alpha value is -3.09. The molecular weight excluding hydrogens is 383 g/mol. The second-order valence-corrected chi connectivity index (χ2v) is 9.68. The van der Waals surface area contributed by atoms with E-state index in [1.165, 1.54) is 27.3 Å². The fraction of sp³-hybridized carbons (Fsp3) is 0.111. The van der Waals surface area contributed by atoms with Gasteiger partial charge in [0, 0.05) is 29.8 Å². The molecule has 0 radical (unpaired) electrons. The zero-order valence-electron chi connectivity index (χ0n) is 16.9. The monoisotopic (exact) mass is 408 g/mol. The largest absolute Gasteiger partial charge is 0.352 e. The first-order valence-electron chi connectivity index (χ1n) is 10.4. The molecule has 0 saturated carbocycles. The third kappa shape index (κ3) is 3.84. The van der Waals surface area contributed by atoms with Crippen molar-refractivity contribution in [2.45, 2.75) is 0 Å². The number of hydrogen-bond acceptors (Lipinski definition) is 2. The summed E-state index contributed by atoms with van der Waals surface area (Å²) in [5.41, 5.74) is 2.65. The molecule has 0 aliphatic carbocycles. The van der Waals surface area contributed by atoms with Gasteiger partial charge in [0.1, 0.15) is 0 Å². The van der Waals surface area contributed by atoms with E-state index in [2.05, 4.69) is 125 Å². The van der Waals surface area contributed by atoms with E-state index >= 15 is 0 Å². The fourth-order valence-electron chi connectivity index (χ4n) is 4.14. The van der Waals surface area contributed by atoms with E-state index in [0.717, 1.165) is 19.8 Å². The van der Waals surface area contributed by atoms with Crippen LogP contribution in [0.25, 0.3) is 0 Å². The van der Waals surface area contributed by atoms with Crippen molar-refractivity contribution < 1.29 is 0 Å². The third-order valence-corrected chi connectivity index (χ3v) is 8.08. The lowest BCUT2D eigenvalue weighted by molar-refractivity contribution is 0.952. The molecule has 1 fully saturated rings. The third-order valence-electron chi connectivity index (χ3n) is 5.59. The lowest BCUT2D eigenvalue weighted by Crippen LogP contribution is -2.30. The highest BCUT2D eigenvalue weighted by atomic mass is 31.1. The van der Waals surface area contributed by atoms with Crippen molar-refractivity contribution in [2.75, 3.05) is 29.6 Å². The summed E-state index contributed by atoms with van der Waals surface area (Å²) >= 11 is 0. The van der Waals surface area contributed by atoms with Crippen LogP contribution >= 0.6 is 7.92 Å². The Kier molecular flexibility index (Phi) is 5.50. The minimum absolute atomic E-state index is 0.612. The van der Waals surface area contributed by atoms with Crippen LogP contribution in [0.3, 0.4) is 0 Å². The van der Waals surface area contributed by atoms with Gasteiger partial charge in [-0.1, -0.05) is 97.1 Å². The first-order valence-corrected chi connectivity index (χ1v) is 11.8. The van der Waals surface area contributed by atoms with Gasteiger partial charge in [0.25, 0.3) is 0 Å². The molecule has 0 aromatic heterocycles. The van der Waals surface area contributed by atoms with Crippen LogP contribution < -0.4 is 25.7 Å². The average Bonchev–Trinajstić information content (AvgIpc) is 3.32. The summed E-state index contributed by atoms with van der Waals surface area (Å²) < 4.78 is 0. The van der Waals surface area contributed by atoms with Gasteiger partial charge in [-0.2, -0.15) is 0 Å². The van der Waals surface area contributed by atoms with Crippen LogP contribution in [-0.4, -0.2) is 19.8 Å². The van der Waals surface area contributed by atoms with Gasteiger partial charge in [-0.25, -0.2) is 0 Å². The molecule has 30 heavy (non-hydrogen) atoms. The predicted molar refractivity (Wildman–Crippen MR) is 131 cm³/mol. The Bertz CT molecular complexity index is 1040. The molecule has 0 amide bonds.